The maximum atomic E-state index is 13.6. The number of amides is 1. The van der Waals surface area contributed by atoms with Crippen LogP contribution in [0.2, 0.25) is 5.02 Å². The Balaban J connectivity index is 1.55. The van der Waals surface area contributed by atoms with Crippen LogP contribution in [-0.4, -0.2) is 22.4 Å². The van der Waals surface area contributed by atoms with Gasteiger partial charge in [0.25, 0.3) is 5.91 Å². The second-order valence-corrected chi connectivity index (χ2v) is 6.05. The predicted octanol–water partition coefficient (Wildman–Crippen LogP) is 4.32. The van der Waals surface area contributed by atoms with E-state index in [1.807, 2.05) is 0 Å². The molecule has 0 aliphatic carbocycles. The van der Waals surface area contributed by atoms with Crippen LogP contribution in [0.4, 0.5) is 20.4 Å². The zero-order chi connectivity index (χ0) is 19.2. The number of nitrogens with one attached hydrogen (secondary N) is 2. The molecule has 0 aliphatic rings. The summed E-state index contributed by atoms with van der Waals surface area (Å²) in [4.78, 5) is 20.3. The Bertz CT molecular complexity index is 951. The maximum Gasteiger partial charge on any atom is 0.258 e. The average molecular weight is 389 g/mol. The van der Waals surface area contributed by atoms with Crippen LogP contribution in [0, 0.1) is 11.6 Å². The van der Waals surface area contributed by atoms with Crippen LogP contribution in [0.1, 0.15) is 15.9 Å². The van der Waals surface area contributed by atoms with Crippen molar-refractivity contribution in [3.8, 4) is 0 Å². The van der Waals surface area contributed by atoms with Crippen molar-refractivity contribution in [1.29, 1.82) is 0 Å². The minimum atomic E-state index is -0.566. The third-order valence-corrected chi connectivity index (χ3v) is 4.02. The molecule has 0 unspecified atom stereocenters. The van der Waals surface area contributed by atoms with Crippen molar-refractivity contribution in [3.63, 3.8) is 0 Å². The molecule has 0 bridgehead atoms. The van der Waals surface area contributed by atoms with Crippen LogP contribution in [0.3, 0.4) is 0 Å². The van der Waals surface area contributed by atoms with Gasteiger partial charge in [0.1, 0.15) is 11.6 Å². The summed E-state index contributed by atoms with van der Waals surface area (Å²) in [5.41, 5.74) is 1.19. The molecule has 2 N–H and O–H groups in total. The molecule has 0 spiro atoms. The maximum absolute atomic E-state index is 13.6. The van der Waals surface area contributed by atoms with Gasteiger partial charge in [0.2, 0.25) is 5.95 Å². The van der Waals surface area contributed by atoms with E-state index in [1.165, 1.54) is 30.6 Å². The number of hydrogen-bond donors (Lipinski definition) is 2. The lowest BCUT2D eigenvalue weighted by Gasteiger charge is -2.08. The summed E-state index contributed by atoms with van der Waals surface area (Å²) in [6, 6.07) is 10.4. The molecule has 0 fully saturated rings. The normalized spacial score (nSPS) is 10.5. The Morgan fingerprint density at radius 3 is 2.48 bits per heavy atom. The second kappa shape index (κ2) is 8.55. The van der Waals surface area contributed by atoms with Crippen LogP contribution < -0.4 is 10.6 Å². The first-order valence-corrected chi connectivity index (χ1v) is 8.46. The Labute approximate surface area is 159 Å². The van der Waals surface area contributed by atoms with E-state index in [-0.39, 0.29) is 16.4 Å². The lowest BCUT2D eigenvalue weighted by molar-refractivity contribution is 0.102. The number of anilines is 2. The van der Waals surface area contributed by atoms with Gasteiger partial charge in [-0.1, -0.05) is 29.8 Å². The van der Waals surface area contributed by atoms with Gasteiger partial charge in [-0.2, -0.15) is 0 Å². The zero-order valence-corrected chi connectivity index (χ0v) is 14.8. The van der Waals surface area contributed by atoms with Crippen LogP contribution in [0.15, 0.2) is 54.9 Å². The highest BCUT2D eigenvalue weighted by Crippen LogP contribution is 2.19. The number of carbonyl (C=O) groups excluding carboxylic acids is 1. The highest BCUT2D eigenvalue weighted by molar-refractivity contribution is 6.31. The van der Waals surface area contributed by atoms with Gasteiger partial charge in [-0.15, -0.1) is 0 Å². The highest BCUT2D eigenvalue weighted by Gasteiger charge is 2.09. The van der Waals surface area contributed by atoms with Gasteiger partial charge in [0, 0.05) is 24.6 Å². The van der Waals surface area contributed by atoms with Gasteiger partial charge < -0.3 is 10.6 Å². The molecule has 1 aromatic heterocycles. The summed E-state index contributed by atoms with van der Waals surface area (Å²) >= 11 is 5.68. The number of carbonyl (C=O) groups is 1. The van der Waals surface area contributed by atoms with E-state index in [2.05, 4.69) is 20.6 Å². The number of nitrogens with zero attached hydrogens (tertiary/aromatic N) is 2. The first-order chi connectivity index (χ1) is 13.0. The second-order valence-electron chi connectivity index (χ2n) is 5.65. The lowest BCUT2D eigenvalue weighted by atomic mass is 10.1. The number of benzene rings is 2. The van der Waals surface area contributed by atoms with E-state index in [0.717, 1.165) is 6.07 Å². The topological polar surface area (TPSA) is 66.9 Å². The number of aromatic nitrogens is 2. The van der Waals surface area contributed by atoms with Gasteiger partial charge in [-0.25, -0.2) is 18.7 Å². The Morgan fingerprint density at radius 2 is 1.78 bits per heavy atom. The van der Waals surface area contributed by atoms with Crippen LogP contribution in [0.25, 0.3) is 0 Å². The summed E-state index contributed by atoms with van der Waals surface area (Å²) in [7, 11) is 0. The third-order valence-electron chi connectivity index (χ3n) is 3.73. The lowest BCUT2D eigenvalue weighted by Crippen LogP contribution is -2.14. The van der Waals surface area contributed by atoms with E-state index < -0.39 is 11.7 Å². The minimum absolute atomic E-state index is 0.0848. The molecule has 0 atom stereocenters. The molecule has 5 nitrogen and oxygen atoms in total. The molecule has 8 heteroatoms. The van der Waals surface area contributed by atoms with Gasteiger partial charge in [0.15, 0.2) is 0 Å². The molecule has 1 amide bonds. The van der Waals surface area contributed by atoms with Gasteiger partial charge in [0.05, 0.1) is 10.6 Å². The van der Waals surface area contributed by atoms with Gasteiger partial charge >= 0.3 is 0 Å². The SMILES string of the molecule is O=C(Nc1ccc(F)c(Cl)c1)c1cnc(NCCc2ccccc2F)nc1. The average Bonchev–Trinajstić information content (AvgIpc) is 2.67. The van der Waals surface area contributed by atoms with Crippen molar-refractivity contribution in [1.82, 2.24) is 9.97 Å². The Kier molecular flexibility index (Phi) is 5.93. The van der Waals surface area contributed by atoms with E-state index in [9.17, 15) is 13.6 Å². The predicted molar refractivity (Wildman–Crippen MR) is 100.0 cm³/mol. The summed E-state index contributed by atoms with van der Waals surface area (Å²) in [6.45, 7) is 0.445. The van der Waals surface area contributed by atoms with E-state index >= 15 is 0 Å². The summed E-state index contributed by atoms with van der Waals surface area (Å²) in [6.07, 6.45) is 3.20. The van der Waals surface area contributed by atoms with E-state index in [1.54, 1.807) is 18.2 Å². The first kappa shape index (κ1) is 18.7. The van der Waals surface area contributed by atoms with Gasteiger partial charge in [-0.05, 0) is 36.2 Å². The van der Waals surface area contributed by atoms with E-state index in [4.69, 9.17) is 11.6 Å². The standard InChI is InChI=1S/C19H15ClF2N4O/c20-15-9-14(5-6-17(15)22)26-18(27)13-10-24-19(25-11-13)23-8-7-12-3-1-2-4-16(12)21/h1-6,9-11H,7-8H2,(H,26,27)(H,23,24,25). The Morgan fingerprint density at radius 1 is 1.04 bits per heavy atom. The third kappa shape index (κ3) is 4.98. The van der Waals surface area contributed by atoms with Crippen molar-refractivity contribution >= 4 is 29.1 Å². The number of rotatable bonds is 6. The monoisotopic (exact) mass is 388 g/mol. The fourth-order valence-corrected chi connectivity index (χ4v) is 2.50. The molecule has 0 radical (unpaired) electrons. The molecule has 3 aromatic rings. The van der Waals surface area contributed by atoms with Crippen LogP contribution in [-0.2, 0) is 6.42 Å². The summed E-state index contributed by atoms with van der Waals surface area (Å²) in [5, 5.41) is 5.47. The summed E-state index contributed by atoms with van der Waals surface area (Å²) in [5.74, 6) is -0.944. The van der Waals surface area contributed by atoms with Crippen molar-refractivity contribution in [2.24, 2.45) is 0 Å². The largest absolute Gasteiger partial charge is 0.354 e. The summed E-state index contributed by atoms with van der Waals surface area (Å²) < 4.78 is 26.7. The minimum Gasteiger partial charge on any atom is -0.354 e. The molecule has 0 saturated heterocycles. The van der Waals surface area contributed by atoms with E-state index in [0.29, 0.717) is 30.2 Å². The number of hydrogen-bond acceptors (Lipinski definition) is 4. The fraction of sp³-hybridized carbons (Fsp3) is 0.105. The van der Waals surface area contributed by atoms with Gasteiger partial charge in [-0.3, -0.25) is 4.79 Å². The Hall–Kier alpha value is -3.06. The molecular weight excluding hydrogens is 374 g/mol. The molecule has 27 heavy (non-hydrogen) atoms. The number of halogens is 3. The highest BCUT2D eigenvalue weighted by atomic mass is 35.5. The molecule has 2 aromatic carbocycles. The molecule has 0 saturated carbocycles. The smallest absolute Gasteiger partial charge is 0.258 e. The van der Waals surface area contributed by atoms with Crippen molar-refractivity contribution in [2.75, 3.05) is 17.2 Å². The molecule has 138 valence electrons. The molecule has 0 aliphatic heterocycles. The van der Waals surface area contributed by atoms with Crippen LogP contribution in [0.5, 0.6) is 0 Å². The quantitative estimate of drug-likeness (QED) is 0.660. The zero-order valence-electron chi connectivity index (χ0n) is 14.0. The van der Waals surface area contributed by atoms with Crippen molar-refractivity contribution < 1.29 is 13.6 Å². The fourth-order valence-electron chi connectivity index (χ4n) is 2.32. The van der Waals surface area contributed by atoms with Crippen molar-refractivity contribution in [3.05, 3.63) is 82.6 Å². The van der Waals surface area contributed by atoms with Crippen molar-refractivity contribution in [2.45, 2.75) is 6.42 Å². The molecule has 1 heterocycles. The first-order valence-electron chi connectivity index (χ1n) is 8.08. The molecule has 3 rings (SSSR count). The molecular formula is C19H15ClF2N4O. The van der Waals surface area contributed by atoms with Crippen LogP contribution >= 0.6 is 11.6 Å².